The molecule has 0 unspecified atom stereocenters. The number of amides is 2. The number of fused-ring (bicyclic) bond motifs is 2. The first-order chi connectivity index (χ1) is 21.1. The van der Waals surface area contributed by atoms with Gasteiger partial charge in [0.1, 0.15) is 35.2 Å². The highest BCUT2D eigenvalue weighted by Gasteiger charge is 2.68. The zero-order chi connectivity index (χ0) is 33.2. The molecule has 0 saturated carbocycles. The third-order valence-electron chi connectivity index (χ3n) is 8.63. The summed E-state index contributed by atoms with van der Waals surface area (Å²) in [5.74, 6) is -1.69. The van der Waals surface area contributed by atoms with Crippen LogP contribution in [-0.4, -0.2) is 113 Å². The highest BCUT2D eigenvalue weighted by Crippen LogP contribution is 2.51. The molecule has 2 bridgehead atoms. The normalized spacial score (nSPS) is 26.9. The van der Waals surface area contributed by atoms with E-state index in [1.54, 1.807) is 19.9 Å². The van der Waals surface area contributed by atoms with Gasteiger partial charge in [-0.1, -0.05) is 24.3 Å². The van der Waals surface area contributed by atoms with Crippen LogP contribution < -0.4 is 15.4 Å². The predicted octanol–water partition coefficient (Wildman–Crippen LogP) is 0.343. The maximum Gasteiger partial charge on any atom is 0.245 e. The number of carbonyl (C=O) groups is 2. The molecule has 12 heteroatoms. The first-order valence-electron chi connectivity index (χ1n) is 15.2. The second kappa shape index (κ2) is 13.7. The van der Waals surface area contributed by atoms with E-state index in [1.807, 2.05) is 62.3 Å². The number of likely N-dealkylation sites (N-methyl/N-ethyl adjacent to an activating group) is 1. The first kappa shape index (κ1) is 34.8. The van der Waals surface area contributed by atoms with Crippen LogP contribution in [0.25, 0.3) is 0 Å². The van der Waals surface area contributed by atoms with E-state index in [4.69, 9.17) is 14.2 Å². The first-order valence-corrected chi connectivity index (χ1v) is 15.2. The van der Waals surface area contributed by atoms with Gasteiger partial charge in [-0.05, 0) is 83.1 Å². The lowest BCUT2D eigenvalue weighted by molar-refractivity contribution is -0.336. The second-order valence-electron chi connectivity index (χ2n) is 12.9. The molecule has 2 aliphatic rings. The van der Waals surface area contributed by atoms with Crippen molar-refractivity contribution in [1.29, 1.82) is 0 Å². The van der Waals surface area contributed by atoms with E-state index in [-0.39, 0.29) is 31.4 Å². The molecule has 0 aromatic heterocycles. The second-order valence-corrected chi connectivity index (χ2v) is 12.9. The number of rotatable bonds is 13. The van der Waals surface area contributed by atoms with Crippen molar-refractivity contribution < 1.29 is 44.2 Å². The molecule has 2 aromatic carbocycles. The maximum absolute atomic E-state index is 12.5. The van der Waals surface area contributed by atoms with Gasteiger partial charge < -0.3 is 50.2 Å². The molecule has 45 heavy (non-hydrogen) atoms. The van der Waals surface area contributed by atoms with Gasteiger partial charge in [-0.2, -0.15) is 0 Å². The number of hydrogen-bond acceptors (Lipinski definition) is 10. The Hall–Kier alpha value is -3.10. The third kappa shape index (κ3) is 7.33. The van der Waals surface area contributed by atoms with E-state index < -0.39 is 41.3 Å². The average molecular weight is 630 g/mol. The summed E-state index contributed by atoms with van der Waals surface area (Å²) in [5.41, 5.74) is 0.739. The van der Waals surface area contributed by atoms with Crippen LogP contribution in [0.5, 0.6) is 5.75 Å². The lowest BCUT2D eigenvalue weighted by Gasteiger charge is -2.47. The van der Waals surface area contributed by atoms with E-state index in [0.717, 1.165) is 16.7 Å². The Morgan fingerprint density at radius 3 is 2.44 bits per heavy atom. The quantitative estimate of drug-likeness (QED) is 0.182. The highest BCUT2D eigenvalue weighted by atomic mass is 16.8. The Morgan fingerprint density at radius 2 is 1.80 bits per heavy atom. The topological polar surface area (TPSA) is 170 Å². The molecule has 2 fully saturated rings. The van der Waals surface area contributed by atoms with E-state index >= 15 is 0 Å². The molecule has 2 heterocycles. The maximum atomic E-state index is 12.5. The molecule has 6 N–H and O–H groups in total. The molecule has 0 radical (unpaired) electrons. The fourth-order valence-electron chi connectivity index (χ4n) is 5.65. The molecule has 248 valence electrons. The van der Waals surface area contributed by atoms with Crippen molar-refractivity contribution >= 4 is 11.8 Å². The van der Waals surface area contributed by atoms with Crippen molar-refractivity contribution in [3.63, 3.8) is 0 Å². The van der Waals surface area contributed by atoms with Crippen molar-refractivity contribution in [3.05, 3.63) is 64.7 Å². The van der Waals surface area contributed by atoms with E-state index in [0.29, 0.717) is 30.8 Å². The van der Waals surface area contributed by atoms with Gasteiger partial charge in [-0.15, -0.1) is 0 Å². The SMILES string of the molecule is Cc1ccc([C@]23OC[C@]([C@@H](C)O)(O2)[C@@H](O)[C@H](O)[C@H]3O)cc1Cc1ccc(OCCC(=O)NC(C)(C)C(=O)NCCN(C)C)cc1. The minimum Gasteiger partial charge on any atom is -0.493 e. The highest BCUT2D eigenvalue weighted by molar-refractivity contribution is 5.90. The van der Waals surface area contributed by atoms with Gasteiger partial charge in [0.2, 0.25) is 17.6 Å². The van der Waals surface area contributed by atoms with Gasteiger partial charge in [-0.25, -0.2) is 0 Å². The molecular weight excluding hydrogens is 582 g/mol. The van der Waals surface area contributed by atoms with Gasteiger partial charge in [0, 0.05) is 18.7 Å². The minimum atomic E-state index is -1.74. The van der Waals surface area contributed by atoms with Crippen molar-refractivity contribution in [2.75, 3.05) is 40.4 Å². The summed E-state index contributed by atoms with van der Waals surface area (Å²) in [6, 6.07) is 12.9. The molecule has 0 aliphatic carbocycles. The van der Waals surface area contributed by atoms with Crippen molar-refractivity contribution in [3.8, 4) is 5.75 Å². The smallest absolute Gasteiger partial charge is 0.245 e. The molecule has 0 spiro atoms. The standard InChI is InChI=1S/C33H47N3O9/c1-20-7-10-24(33-29(41)27(39)28(40)32(45-33,19-44-33)21(2)37)18-23(20)17-22-8-11-25(12-9-22)43-16-13-26(38)35-31(3,4)30(42)34-14-15-36(5)6/h7-12,18,21,27-29,37,39-41H,13-17,19H2,1-6H3,(H,34,42)(H,35,38)/t21-,27+,28+,29-,32-,33+/m1/s1. The van der Waals surface area contributed by atoms with Crippen LogP contribution in [0, 0.1) is 6.92 Å². The number of nitrogens with one attached hydrogen (secondary N) is 2. The van der Waals surface area contributed by atoms with Crippen LogP contribution in [0.4, 0.5) is 0 Å². The van der Waals surface area contributed by atoms with Gasteiger partial charge in [0.15, 0.2) is 0 Å². The fourth-order valence-corrected chi connectivity index (χ4v) is 5.65. The van der Waals surface area contributed by atoms with Crippen LogP contribution in [0.1, 0.15) is 49.4 Å². The zero-order valence-electron chi connectivity index (χ0n) is 26.9. The van der Waals surface area contributed by atoms with E-state index in [1.165, 1.54) is 6.92 Å². The molecule has 2 amide bonds. The van der Waals surface area contributed by atoms with E-state index in [9.17, 15) is 30.0 Å². The molecule has 6 atom stereocenters. The number of aliphatic hydroxyl groups excluding tert-OH is 4. The molecule has 2 aliphatic heterocycles. The van der Waals surface area contributed by atoms with Gasteiger partial charge in [0.25, 0.3) is 0 Å². The van der Waals surface area contributed by atoms with Crippen molar-refractivity contribution in [1.82, 2.24) is 15.5 Å². The van der Waals surface area contributed by atoms with Crippen LogP contribution in [0.15, 0.2) is 42.5 Å². The Labute approximate surface area is 264 Å². The Balaban J connectivity index is 1.34. The largest absolute Gasteiger partial charge is 0.493 e. The van der Waals surface area contributed by atoms with Gasteiger partial charge in [-0.3, -0.25) is 9.59 Å². The minimum absolute atomic E-state index is 0.0853. The molecule has 4 rings (SSSR count). The number of nitrogens with zero attached hydrogens (tertiary/aromatic N) is 1. The predicted molar refractivity (Wildman–Crippen MR) is 165 cm³/mol. The summed E-state index contributed by atoms with van der Waals surface area (Å²) in [7, 11) is 3.84. The lowest BCUT2D eigenvalue weighted by Crippen LogP contribution is -2.67. The fraction of sp³-hybridized carbons (Fsp3) is 0.576. The number of ether oxygens (including phenoxy) is 3. The number of hydrogen-bond donors (Lipinski definition) is 6. The Morgan fingerprint density at radius 1 is 1.11 bits per heavy atom. The molecular formula is C33H47N3O9. The van der Waals surface area contributed by atoms with Crippen molar-refractivity contribution in [2.45, 2.75) is 81.9 Å². The Kier molecular flexibility index (Phi) is 10.6. The summed E-state index contributed by atoms with van der Waals surface area (Å²) in [6.07, 6.45) is -5.22. The van der Waals surface area contributed by atoms with Crippen LogP contribution in [0.3, 0.4) is 0 Å². The summed E-state index contributed by atoms with van der Waals surface area (Å²) in [4.78, 5) is 26.9. The van der Waals surface area contributed by atoms with Crippen LogP contribution in [0.2, 0.25) is 0 Å². The van der Waals surface area contributed by atoms with Crippen LogP contribution >= 0.6 is 0 Å². The summed E-state index contributed by atoms with van der Waals surface area (Å²) < 4.78 is 17.8. The summed E-state index contributed by atoms with van der Waals surface area (Å²) in [6.45, 7) is 7.86. The average Bonchev–Trinajstić information content (AvgIpc) is 3.37. The Bertz CT molecular complexity index is 1350. The summed E-state index contributed by atoms with van der Waals surface area (Å²) in [5, 5.41) is 48.2. The monoisotopic (exact) mass is 629 g/mol. The zero-order valence-corrected chi connectivity index (χ0v) is 26.9. The number of aryl methyl sites for hydroxylation is 1. The number of aliphatic hydroxyl groups is 4. The molecule has 12 nitrogen and oxygen atoms in total. The third-order valence-corrected chi connectivity index (χ3v) is 8.63. The molecule has 2 aromatic rings. The van der Waals surface area contributed by atoms with Crippen molar-refractivity contribution in [2.24, 2.45) is 0 Å². The summed E-state index contributed by atoms with van der Waals surface area (Å²) >= 11 is 0. The lowest BCUT2D eigenvalue weighted by atomic mass is 9.80. The van der Waals surface area contributed by atoms with Gasteiger partial charge >= 0.3 is 0 Å². The van der Waals surface area contributed by atoms with Crippen LogP contribution in [-0.2, 0) is 31.3 Å². The number of benzene rings is 2. The molecule has 2 saturated heterocycles. The number of carbonyl (C=O) groups excluding carboxylic acids is 2. The van der Waals surface area contributed by atoms with E-state index in [2.05, 4.69) is 10.6 Å². The van der Waals surface area contributed by atoms with Gasteiger partial charge in [0.05, 0.1) is 25.7 Å².